The van der Waals surface area contributed by atoms with Crippen molar-refractivity contribution in [3.05, 3.63) is 28.7 Å². The van der Waals surface area contributed by atoms with Crippen molar-refractivity contribution in [2.75, 3.05) is 0 Å². The molecule has 1 fully saturated rings. The summed E-state index contributed by atoms with van der Waals surface area (Å²) in [6.07, 6.45) is 6.05. The molecule has 1 aromatic carbocycles. The fraction of sp³-hybridized carbons (Fsp3) is 0.500. The number of hydrogen-bond acceptors (Lipinski definition) is 1. The van der Waals surface area contributed by atoms with E-state index in [-0.39, 0.29) is 0 Å². The van der Waals surface area contributed by atoms with Crippen LogP contribution in [0.25, 0.3) is 0 Å². The van der Waals surface area contributed by atoms with Gasteiger partial charge in [-0.1, -0.05) is 35.2 Å². The summed E-state index contributed by atoms with van der Waals surface area (Å²) in [5.74, 6) is 0. The first-order chi connectivity index (χ1) is 7.27. The molecule has 0 radical (unpaired) electrons. The van der Waals surface area contributed by atoms with Gasteiger partial charge in [0.2, 0.25) is 0 Å². The average Bonchev–Trinajstić information content (AvgIpc) is 2.30. The number of rotatable bonds is 2. The van der Waals surface area contributed by atoms with Gasteiger partial charge in [0.25, 0.3) is 0 Å². The first kappa shape index (κ1) is 11.3. The molecule has 2 rings (SSSR count). The van der Waals surface area contributed by atoms with Crippen LogP contribution >= 0.6 is 15.9 Å². The second-order valence-electron chi connectivity index (χ2n) is 4.01. The zero-order chi connectivity index (χ0) is 10.7. The summed E-state index contributed by atoms with van der Waals surface area (Å²) in [6, 6.07) is 7.87. The van der Waals surface area contributed by atoms with Crippen molar-refractivity contribution in [1.82, 2.24) is 0 Å². The van der Waals surface area contributed by atoms with Crippen LogP contribution in [0.15, 0.2) is 33.6 Å². The van der Waals surface area contributed by atoms with Crippen LogP contribution < -0.4 is 0 Å². The van der Waals surface area contributed by atoms with Gasteiger partial charge >= 0.3 is 0 Å². The van der Waals surface area contributed by atoms with Crippen molar-refractivity contribution in [1.29, 1.82) is 0 Å². The number of benzene rings is 1. The van der Waals surface area contributed by atoms with Crippen molar-refractivity contribution < 1.29 is 4.21 Å². The highest BCUT2D eigenvalue weighted by atomic mass is 79.9. The van der Waals surface area contributed by atoms with Crippen LogP contribution in [0.5, 0.6) is 0 Å². The van der Waals surface area contributed by atoms with Gasteiger partial charge in [0, 0.05) is 14.6 Å². The van der Waals surface area contributed by atoms with Gasteiger partial charge in [-0.05, 0) is 37.1 Å². The van der Waals surface area contributed by atoms with Crippen LogP contribution in [0.2, 0.25) is 0 Å². The first-order valence-electron chi connectivity index (χ1n) is 5.43. The van der Waals surface area contributed by atoms with E-state index in [0.717, 1.165) is 22.2 Å². The maximum Gasteiger partial charge on any atom is 0.0560 e. The van der Waals surface area contributed by atoms with E-state index in [1.54, 1.807) is 0 Å². The second-order valence-corrected chi connectivity index (χ2v) is 6.66. The van der Waals surface area contributed by atoms with E-state index in [9.17, 15) is 4.21 Å². The van der Waals surface area contributed by atoms with Crippen LogP contribution in [0, 0.1) is 0 Å². The van der Waals surface area contributed by atoms with E-state index in [1.807, 2.05) is 24.3 Å². The van der Waals surface area contributed by atoms with Gasteiger partial charge in [-0.15, -0.1) is 0 Å². The zero-order valence-electron chi connectivity index (χ0n) is 8.62. The largest absolute Gasteiger partial charge is 0.254 e. The third-order valence-electron chi connectivity index (χ3n) is 2.90. The molecule has 15 heavy (non-hydrogen) atoms. The molecule has 1 aromatic rings. The molecule has 1 aliphatic carbocycles. The van der Waals surface area contributed by atoms with Crippen LogP contribution in [0.1, 0.15) is 32.1 Å². The highest BCUT2D eigenvalue weighted by Crippen LogP contribution is 2.26. The molecular weight excluding hydrogens is 272 g/mol. The van der Waals surface area contributed by atoms with Crippen molar-refractivity contribution in [2.24, 2.45) is 0 Å². The summed E-state index contributed by atoms with van der Waals surface area (Å²) < 4.78 is 13.3. The predicted octanol–water partition coefficient (Wildman–Crippen LogP) is 3.89. The Morgan fingerprint density at radius 3 is 2.27 bits per heavy atom. The van der Waals surface area contributed by atoms with Gasteiger partial charge in [-0.25, -0.2) is 0 Å². The lowest BCUT2D eigenvalue weighted by molar-refractivity contribution is 0.504. The molecule has 82 valence electrons. The van der Waals surface area contributed by atoms with Crippen LogP contribution in [-0.2, 0) is 10.8 Å². The summed E-state index contributed by atoms with van der Waals surface area (Å²) in [6.45, 7) is 0. The van der Waals surface area contributed by atoms with Crippen LogP contribution in [0.4, 0.5) is 0 Å². The van der Waals surface area contributed by atoms with E-state index < -0.39 is 10.8 Å². The minimum atomic E-state index is -0.799. The molecule has 0 bridgehead atoms. The Kier molecular flexibility index (Phi) is 3.98. The second kappa shape index (κ2) is 5.26. The molecule has 1 aliphatic rings. The first-order valence-corrected chi connectivity index (χ1v) is 7.44. The minimum absolute atomic E-state index is 0.389. The lowest BCUT2D eigenvalue weighted by Crippen LogP contribution is -2.18. The number of halogens is 1. The number of hydrogen-bond donors (Lipinski definition) is 0. The quantitative estimate of drug-likeness (QED) is 0.806. The third-order valence-corrected chi connectivity index (χ3v) is 5.24. The van der Waals surface area contributed by atoms with Crippen molar-refractivity contribution in [3.63, 3.8) is 0 Å². The molecule has 0 amide bonds. The molecule has 0 aliphatic heterocycles. The standard InChI is InChI=1S/C12H15BrOS/c13-10-6-8-12(9-7-10)15(14)11-4-2-1-3-5-11/h6-9,11H,1-5H2/t15-/m1/s1. The predicted molar refractivity (Wildman–Crippen MR) is 67.4 cm³/mol. The lowest BCUT2D eigenvalue weighted by Gasteiger charge is -2.20. The van der Waals surface area contributed by atoms with Gasteiger partial charge in [-0.3, -0.25) is 4.21 Å². The summed E-state index contributed by atoms with van der Waals surface area (Å²) in [5, 5.41) is 0.389. The topological polar surface area (TPSA) is 17.1 Å². The summed E-state index contributed by atoms with van der Waals surface area (Å²) in [7, 11) is -0.799. The third kappa shape index (κ3) is 2.91. The van der Waals surface area contributed by atoms with E-state index in [4.69, 9.17) is 0 Å². The van der Waals surface area contributed by atoms with Crippen molar-refractivity contribution >= 4 is 26.7 Å². The molecule has 0 spiro atoms. The van der Waals surface area contributed by atoms with Gasteiger partial charge in [0.1, 0.15) is 0 Å². The molecule has 1 saturated carbocycles. The molecule has 1 nitrogen and oxygen atoms in total. The monoisotopic (exact) mass is 286 g/mol. The molecule has 0 saturated heterocycles. The normalized spacial score (nSPS) is 20.1. The minimum Gasteiger partial charge on any atom is -0.254 e. The van der Waals surface area contributed by atoms with E-state index in [0.29, 0.717) is 5.25 Å². The fourth-order valence-electron chi connectivity index (χ4n) is 2.04. The Morgan fingerprint density at radius 1 is 1.07 bits per heavy atom. The molecular formula is C12H15BrOS. The Morgan fingerprint density at radius 2 is 1.67 bits per heavy atom. The van der Waals surface area contributed by atoms with Crippen LogP contribution in [0.3, 0.4) is 0 Å². The molecule has 0 unspecified atom stereocenters. The zero-order valence-corrected chi connectivity index (χ0v) is 11.0. The maximum atomic E-state index is 12.2. The summed E-state index contributed by atoms with van der Waals surface area (Å²) in [5.41, 5.74) is 0. The summed E-state index contributed by atoms with van der Waals surface area (Å²) in [4.78, 5) is 0.977. The van der Waals surface area contributed by atoms with Gasteiger partial charge in [0.15, 0.2) is 0 Å². The maximum absolute atomic E-state index is 12.2. The fourth-order valence-corrected chi connectivity index (χ4v) is 3.86. The lowest BCUT2D eigenvalue weighted by atomic mass is 10.0. The van der Waals surface area contributed by atoms with E-state index in [1.165, 1.54) is 19.3 Å². The molecule has 0 heterocycles. The van der Waals surface area contributed by atoms with Gasteiger partial charge in [-0.2, -0.15) is 0 Å². The molecule has 3 heteroatoms. The van der Waals surface area contributed by atoms with Crippen LogP contribution in [-0.4, -0.2) is 9.46 Å². The Bertz CT molecular complexity index is 341. The van der Waals surface area contributed by atoms with Crippen molar-refractivity contribution in [3.8, 4) is 0 Å². The van der Waals surface area contributed by atoms with Crippen molar-refractivity contribution in [2.45, 2.75) is 42.2 Å². The Labute approximate surface area is 102 Å². The highest BCUT2D eigenvalue weighted by Gasteiger charge is 2.20. The Balaban J connectivity index is 2.09. The average molecular weight is 287 g/mol. The SMILES string of the molecule is O=[S@@](c1ccc(Br)cc1)C1CCCCC1. The van der Waals surface area contributed by atoms with Gasteiger partial charge in [0.05, 0.1) is 10.8 Å². The molecule has 0 aromatic heterocycles. The van der Waals surface area contributed by atoms with E-state index >= 15 is 0 Å². The summed E-state index contributed by atoms with van der Waals surface area (Å²) >= 11 is 3.39. The molecule has 1 atom stereocenters. The van der Waals surface area contributed by atoms with Gasteiger partial charge < -0.3 is 0 Å². The smallest absolute Gasteiger partial charge is 0.0560 e. The Hall–Kier alpha value is -0.150. The molecule has 0 N–H and O–H groups in total. The van der Waals surface area contributed by atoms with E-state index in [2.05, 4.69) is 15.9 Å². The highest BCUT2D eigenvalue weighted by molar-refractivity contribution is 9.10.